The summed E-state index contributed by atoms with van der Waals surface area (Å²) in [7, 11) is 1.78. The number of rotatable bonds is 5. The lowest BCUT2D eigenvalue weighted by Crippen LogP contribution is -2.30. The van der Waals surface area contributed by atoms with Crippen molar-refractivity contribution in [3.63, 3.8) is 0 Å². The van der Waals surface area contributed by atoms with Crippen molar-refractivity contribution in [2.75, 3.05) is 6.54 Å². The first-order chi connectivity index (χ1) is 11.7. The summed E-state index contributed by atoms with van der Waals surface area (Å²) in [6.07, 6.45) is 0. The molecule has 0 radical (unpaired) electrons. The van der Waals surface area contributed by atoms with Gasteiger partial charge in [-0.2, -0.15) is 0 Å². The molecule has 24 heavy (non-hydrogen) atoms. The van der Waals surface area contributed by atoms with Gasteiger partial charge in [-0.25, -0.2) is 4.68 Å². The molecule has 0 unspecified atom stereocenters. The van der Waals surface area contributed by atoms with Crippen molar-refractivity contribution in [3.8, 4) is 11.4 Å². The van der Waals surface area contributed by atoms with Gasteiger partial charge in [0.2, 0.25) is 0 Å². The summed E-state index contributed by atoms with van der Waals surface area (Å²) in [5.74, 6) is 0.633. The fourth-order valence-electron chi connectivity index (χ4n) is 2.58. The summed E-state index contributed by atoms with van der Waals surface area (Å²) in [4.78, 5) is 14.7. The van der Waals surface area contributed by atoms with Gasteiger partial charge in [0.05, 0.1) is 0 Å². The van der Waals surface area contributed by atoms with Crippen LogP contribution >= 0.6 is 0 Å². The molecule has 1 amide bonds. The van der Waals surface area contributed by atoms with Gasteiger partial charge >= 0.3 is 0 Å². The van der Waals surface area contributed by atoms with Crippen LogP contribution in [-0.2, 0) is 13.6 Å². The van der Waals surface area contributed by atoms with Crippen LogP contribution in [-0.4, -0.2) is 37.6 Å². The Bertz CT molecular complexity index is 828. The summed E-state index contributed by atoms with van der Waals surface area (Å²) in [6.45, 7) is 3.21. The first kappa shape index (κ1) is 15.9. The molecule has 3 aromatic rings. The van der Waals surface area contributed by atoms with Crippen molar-refractivity contribution in [2.45, 2.75) is 13.5 Å². The lowest BCUT2D eigenvalue weighted by Gasteiger charge is -2.21. The van der Waals surface area contributed by atoms with E-state index in [0.29, 0.717) is 24.5 Å². The normalized spacial score (nSPS) is 10.6. The van der Waals surface area contributed by atoms with Crippen molar-refractivity contribution in [3.05, 3.63) is 65.7 Å². The van der Waals surface area contributed by atoms with Crippen LogP contribution in [0.25, 0.3) is 11.4 Å². The van der Waals surface area contributed by atoms with Crippen LogP contribution in [0.4, 0.5) is 0 Å². The van der Waals surface area contributed by atoms with E-state index in [-0.39, 0.29) is 5.91 Å². The molecule has 0 aliphatic rings. The highest BCUT2D eigenvalue weighted by atomic mass is 16.2. The molecule has 122 valence electrons. The fourth-order valence-corrected chi connectivity index (χ4v) is 2.58. The molecule has 1 heterocycles. The summed E-state index contributed by atoms with van der Waals surface area (Å²) >= 11 is 0. The SMILES string of the molecule is CCN(Cc1ccccc1)C(=O)c1cccc(-c2nnnn2C)c1. The van der Waals surface area contributed by atoms with Gasteiger partial charge in [-0.3, -0.25) is 4.79 Å². The topological polar surface area (TPSA) is 63.9 Å². The molecule has 6 heteroatoms. The molecular weight excluding hydrogens is 302 g/mol. The second kappa shape index (κ2) is 7.04. The monoisotopic (exact) mass is 321 g/mol. The predicted octanol–water partition coefficient (Wildman–Crippen LogP) is 2.54. The van der Waals surface area contributed by atoms with Gasteiger partial charge in [0.1, 0.15) is 0 Å². The maximum absolute atomic E-state index is 12.9. The maximum Gasteiger partial charge on any atom is 0.254 e. The second-order valence-electron chi connectivity index (χ2n) is 5.51. The fraction of sp³-hybridized carbons (Fsp3) is 0.222. The minimum atomic E-state index is -0.00155. The van der Waals surface area contributed by atoms with Gasteiger partial charge in [-0.15, -0.1) is 5.10 Å². The Morgan fingerprint density at radius 1 is 1.12 bits per heavy atom. The van der Waals surface area contributed by atoms with Gasteiger partial charge in [-0.1, -0.05) is 42.5 Å². The van der Waals surface area contributed by atoms with Crippen LogP contribution in [0.5, 0.6) is 0 Å². The molecule has 0 aliphatic heterocycles. The van der Waals surface area contributed by atoms with Crippen molar-refractivity contribution >= 4 is 5.91 Å². The Morgan fingerprint density at radius 3 is 2.58 bits per heavy atom. The van der Waals surface area contributed by atoms with E-state index in [2.05, 4.69) is 15.5 Å². The average Bonchev–Trinajstić information content (AvgIpc) is 3.06. The van der Waals surface area contributed by atoms with Gasteiger partial charge in [-0.05, 0) is 35.0 Å². The minimum Gasteiger partial charge on any atom is -0.335 e. The molecule has 0 fully saturated rings. The van der Waals surface area contributed by atoms with Crippen molar-refractivity contribution < 1.29 is 4.79 Å². The van der Waals surface area contributed by atoms with Crippen LogP contribution in [0, 0.1) is 0 Å². The van der Waals surface area contributed by atoms with Gasteiger partial charge in [0.15, 0.2) is 5.82 Å². The molecule has 2 aromatic carbocycles. The molecule has 3 rings (SSSR count). The van der Waals surface area contributed by atoms with E-state index in [1.54, 1.807) is 11.7 Å². The van der Waals surface area contributed by atoms with E-state index in [1.807, 2.05) is 66.4 Å². The Labute approximate surface area is 140 Å². The van der Waals surface area contributed by atoms with E-state index < -0.39 is 0 Å². The van der Waals surface area contributed by atoms with E-state index >= 15 is 0 Å². The zero-order valence-corrected chi connectivity index (χ0v) is 13.8. The largest absolute Gasteiger partial charge is 0.335 e. The van der Waals surface area contributed by atoms with Gasteiger partial charge in [0.25, 0.3) is 5.91 Å². The third-order valence-corrected chi connectivity index (χ3v) is 3.87. The zero-order valence-electron chi connectivity index (χ0n) is 13.8. The van der Waals surface area contributed by atoms with Crippen molar-refractivity contribution in [1.29, 1.82) is 0 Å². The van der Waals surface area contributed by atoms with Gasteiger partial charge < -0.3 is 4.90 Å². The van der Waals surface area contributed by atoms with E-state index in [4.69, 9.17) is 0 Å². The molecule has 0 saturated heterocycles. The zero-order chi connectivity index (χ0) is 16.9. The summed E-state index contributed by atoms with van der Waals surface area (Å²) < 4.78 is 1.59. The Kier molecular flexibility index (Phi) is 4.65. The molecular formula is C18H19N5O. The van der Waals surface area contributed by atoms with Crippen LogP contribution < -0.4 is 0 Å². The average molecular weight is 321 g/mol. The first-order valence-corrected chi connectivity index (χ1v) is 7.85. The lowest BCUT2D eigenvalue weighted by atomic mass is 10.1. The molecule has 1 aromatic heterocycles. The molecule has 0 atom stereocenters. The van der Waals surface area contributed by atoms with Crippen LogP contribution in [0.2, 0.25) is 0 Å². The molecule has 6 nitrogen and oxygen atoms in total. The highest BCUT2D eigenvalue weighted by Gasteiger charge is 2.16. The summed E-state index contributed by atoms with van der Waals surface area (Å²) in [6, 6.07) is 17.4. The summed E-state index contributed by atoms with van der Waals surface area (Å²) in [5, 5.41) is 11.5. The van der Waals surface area contributed by atoms with E-state index in [0.717, 1.165) is 11.1 Å². The Balaban J connectivity index is 1.85. The van der Waals surface area contributed by atoms with Crippen LogP contribution in [0.3, 0.4) is 0 Å². The standard InChI is InChI=1S/C18H19N5O/c1-3-23(13-14-8-5-4-6-9-14)18(24)16-11-7-10-15(12-16)17-19-20-21-22(17)2/h4-12H,3,13H2,1-2H3. The third kappa shape index (κ3) is 3.32. The molecule has 0 spiro atoms. The molecule has 0 saturated carbocycles. The maximum atomic E-state index is 12.9. The lowest BCUT2D eigenvalue weighted by molar-refractivity contribution is 0.0752. The molecule has 0 N–H and O–H groups in total. The second-order valence-corrected chi connectivity index (χ2v) is 5.51. The number of nitrogens with zero attached hydrogens (tertiary/aromatic N) is 5. The molecule has 0 aliphatic carbocycles. The number of hydrogen-bond acceptors (Lipinski definition) is 4. The number of aromatic nitrogens is 4. The van der Waals surface area contributed by atoms with Crippen molar-refractivity contribution in [1.82, 2.24) is 25.1 Å². The number of hydrogen-bond donors (Lipinski definition) is 0. The van der Waals surface area contributed by atoms with E-state index in [9.17, 15) is 4.79 Å². The number of carbonyl (C=O) groups is 1. The summed E-state index contributed by atoms with van der Waals surface area (Å²) in [5.41, 5.74) is 2.57. The van der Waals surface area contributed by atoms with Crippen LogP contribution in [0.15, 0.2) is 54.6 Å². The van der Waals surface area contributed by atoms with Crippen molar-refractivity contribution in [2.24, 2.45) is 7.05 Å². The van der Waals surface area contributed by atoms with Crippen LogP contribution in [0.1, 0.15) is 22.8 Å². The third-order valence-electron chi connectivity index (χ3n) is 3.87. The number of amides is 1. The first-order valence-electron chi connectivity index (χ1n) is 7.85. The smallest absolute Gasteiger partial charge is 0.254 e. The Hall–Kier alpha value is -3.02. The highest BCUT2D eigenvalue weighted by Crippen LogP contribution is 2.18. The number of benzene rings is 2. The number of aryl methyl sites for hydroxylation is 1. The molecule has 0 bridgehead atoms. The van der Waals surface area contributed by atoms with Gasteiger partial charge in [0, 0.05) is 31.3 Å². The minimum absolute atomic E-state index is 0.00155. The number of tetrazole rings is 1. The van der Waals surface area contributed by atoms with E-state index in [1.165, 1.54) is 0 Å². The number of carbonyl (C=O) groups excluding carboxylic acids is 1. The highest BCUT2D eigenvalue weighted by molar-refractivity contribution is 5.95. The Morgan fingerprint density at radius 2 is 1.92 bits per heavy atom. The predicted molar refractivity (Wildman–Crippen MR) is 91.1 cm³/mol. The quantitative estimate of drug-likeness (QED) is 0.724.